The first-order valence-electron chi connectivity index (χ1n) is 10.5. The summed E-state index contributed by atoms with van der Waals surface area (Å²) in [7, 11) is 1.28. The summed E-state index contributed by atoms with van der Waals surface area (Å²) in [6.07, 6.45) is 1.57. The number of furan rings is 1. The minimum absolute atomic E-state index is 0.136. The van der Waals surface area contributed by atoms with E-state index in [4.69, 9.17) is 13.9 Å². The van der Waals surface area contributed by atoms with Gasteiger partial charge in [-0.05, 0) is 31.0 Å². The molecule has 0 aliphatic heterocycles. The predicted molar refractivity (Wildman–Crippen MR) is 121 cm³/mol. The summed E-state index contributed by atoms with van der Waals surface area (Å²) < 4.78 is 15.3. The van der Waals surface area contributed by atoms with E-state index in [0.29, 0.717) is 51.6 Å². The maximum absolute atomic E-state index is 12.7. The van der Waals surface area contributed by atoms with Crippen LogP contribution >= 0.6 is 11.3 Å². The fourth-order valence-electron chi connectivity index (χ4n) is 3.39. The van der Waals surface area contributed by atoms with Crippen LogP contribution in [0, 0.1) is 6.92 Å². The van der Waals surface area contributed by atoms with Crippen LogP contribution in [0.4, 0.5) is 0 Å². The highest BCUT2D eigenvalue weighted by atomic mass is 32.1. The number of aliphatic hydroxyl groups is 1. The van der Waals surface area contributed by atoms with Crippen molar-refractivity contribution < 1.29 is 28.6 Å². The first-order chi connectivity index (χ1) is 15.8. The summed E-state index contributed by atoms with van der Waals surface area (Å²) in [5.74, 6) is 0.150. The van der Waals surface area contributed by atoms with Crippen molar-refractivity contribution in [1.82, 2.24) is 14.9 Å². The Morgan fingerprint density at radius 1 is 1.36 bits per heavy atom. The number of H-pyrrole nitrogens is 1. The van der Waals surface area contributed by atoms with E-state index in [9.17, 15) is 19.5 Å². The van der Waals surface area contributed by atoms with Crippen molar-refractivity contribution in [3.63, 3.8) is 0 Å². The van der Waals surface area contributed by atoms with Crippen molar-refractivity contribution in [2.45, 2.75) is 45.9 Å². The number of esters is 2. The van der Waals surface area contributed by atoms with Crippen molar-refractivity contribution in [3.8, 4) is 0 Å². The molecule has 10 nitrogen and oxygen atoms in total. The largest absolute Gasteiger partial charge is 0.468 e. The third-order valence-electron chi connectivity index (χ3n) is 4.91. The van der Waals surface area contributed by atoms with E-state index in [1.54, 1.807) is 25.3 Å². The van der Waals surface area contributed by atoms with Gasteiger partial charge in [0.05, 0.1) is 31.8 Å². The number of hydrogen-bond donors (Lipinski definition) is 2. The van der Waals surface area contributed by atoms with Gasteiger partial charge in [0.1, 0.15) is 34.0 Å². The number of aliphatic hydroxyl groups excluding tert-OH is 1. The molecule has 0 aliphatic rings. The Hall–Kier alpha value is -3.02. The van der Waals surface area contributed by atoms with Crippen molar-refractivity contribution in [1.29, 1.82) is 0 Å². The van der Waals surface area contributed by atoms with Gasteiger partial charge in [-0.3, -0.25) is 14.5 Å². The lowest BCUT2D eigenvalue weighted by Crippen LogP contribution is -2.35. The van der Waals surface area contributed by atoms with Crippen LogP contribution in [-0.4, -0.2) is 58.3 Å². The summed E-state index contributed by atoms with van der Waals surface area (Å²) in [6.45, 7) is 4.10. The van der Waals surface area contributed by atoms with Crippen LogP contribution in [0.25, 0.3) is 10.2 Å². The lowest BCUT2D eigenvalue weighted by molar-refractivity contribution is -0.147. The van der Waals surface area contributed by atoms with Gasteiger partial charge in [-0.2, -0.15) is 0 Å². The van der Waals surface area contributed by atoms with Gasteiger partial charge in [0.2, 0.25) is 0 Å². The normalized spacial score (nSPS) is 12.3. The molecule has 0 amide bonds. The van der Waals surface area contributed by atoms with Gasteiger partial charge in [0.25, 0.3) is 5.56 Å². The molecule has 2 N–H and O–H groups in total. The lowest BCUT2D eigenvalue weighted by atomic mass is 10.2. The summed E-state index contributed by atoms with van der Waals surface area (Å²) in [6, 6.07) is 3.55. The van der Waals surface area contributed by atoms with Crippen LogP contribution in [0.1, 0.15) is 46.6 Å². The number of nitrogens with one attached hydrogen (secondary N) is 1. The number of hydrogen-bond acceptors (Lipinski definition) is 10. The van der Waals surface area contributed by atoms with E-state index in [2.05, 4.69) is 9.97 Å². The maximum atomic E-state index is 12.7. The van der Waals surface area contributed by atoms with E-state index in [1.165, 1.54) is 7.11 Å². The highest BCUT2D eigenvalue weighted by Gasteiger charge is 2.21. The van der Waals surface area contributed by atoms with Crippen molar-refractivity contribution in [2.75, 3.05) is 20.3 Å². The number of fused-ring (bicyclic) bond motifs is 1. The fraction of sp³-hybridized carbons (Fsp3) is 0.455. The summed E-state index contributed by atoms with van der Waals surface area (Å²) in [4.78, 5) is 46.2. The minimum atomic E-state index is -0.939. The first kappa shape index (κ1) is 24.6. The second-order valence-electron chi connectivity index (χ2n) is 7.58. The number of rotatable bonds is 11. The number of thiophene rings is 1. The highest BCUT2D eigenvalue weighted by molar-refractivity contribution is 7.20. The molecule has 3 rings (SSSR count). The van der Waals surface area contributed by atoms with Crippen LogP contribution in [0.2, 0.25) is 0 Å². The van der Waals surface area contributed by atoms with Crippen LogP contribution in [-0.2, 0) is 27.4 Å². The van der Waals surface area contributed by atoms with Gasteiger partial charge in [-0.25, -0.2) is 9.78 Å². The molecule has 1 atom stereocenters. The molecule has 178 valence electrons. The summed E-state index contributed by atoms with van der Waals surface area (Å²) >= 11 is 1.10. The van der Waals surface area contributed by atoms with Crippen molar-refractivity contribution >= 4 is 33.5 Å². The van der Waals surface area contributed by atoms with Gasteiger partial charge >= 0.3 is 11.9 Å². The van der Waals surface area contributed by atoms with E-state index >= 15 is 0 Å². The second kappa shape index (κ2) is 11.2. The molecule has 0 fully saturated rings. The zero-order chi connectivity index (χ0) is 24.0. The van der Waals surface area contributed by atoms with E-state index < -0.39 is 12.1 Å². The maximum Gasteiger partial charge on any atom is 0.348 e. The van der Waals surface area contributed by atoms with Gasteiger partial charge in [0.15, 0.2) is 0 Å². The average molecular weight is 478 g/mol. The molecule has 3 aromatic rings. The standard InChI is InChI=1S/C22H27N3O7S/c1-4-6-17(27)32-12-14(26)9-25(10-15-7-5-8-31-15)11-16-23-20(28)18-13(2)19(22(29)30-3)33-21(18)24-16/h5,7-8,14,26H,4,6,9-12H2,1-3H3,(H,23,24,28)/t14-/m1/s1. The first-order valence-corrected chi connectivity index (χ1v) is 11.3. The third-order valence-corrected chi connectivity index (χ3v) is 6.08. The minimum Gasteiger partial charge on any atom is -0.468 e. The van der Waals surface area contributed by atoms with Gasteiger partial charge in [0, 0.05) is 13.0 Å². The van der Waals surface area contributed by atoms with Crippen LogP contribution in [0.3, 0.4) is 0 Å². The molecule has 0 spiro atoms. The van der Waals surface area contributed by atoms with E-state index in [0.717, 1.165) is 11.3 Å². The number of carbonyl (C=O) groups excluding carboxylic acids is 2. The van der Waals surface area contributed by atoms with E-state index in [-0.39, 0.29) is 31.2 Å². The smallest absolute Gasteiger partial charge is 0.348 e. The van der Waals surface area contributed by atoms with Gasteiger partial charge < -0.3 is 24.0 Å². The Balaban J connectivity index is 1.80. The number of aromatic nitrogens is 2. The molecule has 0 aromatic carbocycles. The van der Waals surface area contributed by atoms with Crippen LogP contribution in [0.5, 0.6) is 0 Å². The number of carbonyl (C=O) groups is 2. The molecule has 33 heavy (non-hydrogen) atoms. The fourth-order valence-corrected chi connectivity index (χ4v) is 4.51. The zero-order valence-electron chi connectivity index (χ0n) is 18.8. The molecule has 0 unspecified atom stereocenters. The zero-order valence-corrected chi connectivity index (χ0v) is 19.6. The number of aryl methyl sites for hydroxylation is 1. The quantitative estimate of drug-likeness (QED) is 0.399. The molecule has 0 saturated carbocycles. The van der Waals surface area contributed by atoms with Crippen LogP contribution < -0.4 is 5.56 Å². The monoisotopic (exact) mass is 477 g/mol. The van der Waals surface area contributed by atoms with Gasteiger partial charge in [-0.1, -0.05) is 6.92 Å². The van der Waals surface area contributed by atoms with Gasteiger partial charge in [-0.15, -0.1) is 11.3 Å². The molecule has 0 radical (unpaired) electrons. The summed E-state index contributed by atoms with van der Waals surface area (Å²) in [5, 5.41) is 10.8. The lowest BCUT2D eigenvalue weighted by Gasteiger charge is -2.23. The third kappa shape index (κ3) is 6.28. The highest BCUT2D eigenvalue weighted by Crippen LogP contribution is 2.27. The Bertz CT molecular complexity index is 1150. The SMILES string of the molecule is CCCC(=O)OC[C@H](O)CN(Cc1nc2sc(C(=O)OC)c(C)c2c(=O)[nH]1)Cc1ccco1. The molecule has 11 heteroatoms. The Morgan fingerprint density at radius 2 is 2.15 bits per heavy atom. The topological polar surface area (TPSA) is 135 Å². The molecular formula is C22H27N3O7S. The van der Waals surface area contributed by atoms with Crippen molar-refractivity contribution in [3.05, 3.63) is 50.8 Å². The molecular weight excluding hydrogens is 450 g/mol. The predicted octanol–water partition coefficient (Wildman–Crippen LogP) is 2.38. The van der Waals surface area contributed by atoms with Crippen molar-refractivity contribution in [2.24, 2.45) is 0 Å². The van der Waals surface area contributed by atoms with Crippen LogP contribution in [0.15, 0.2) is 27.6 Å². The Morgan fingerprint density at radius 3 is 2.82 bits per heavy atom. The Kier molecular flexibility index (Phi) is 8.37. The number of ether oxygens (including phenoxy) is 2. The molecule has 3 heterocycles. The Labute approximate surface area is 194 Å². The number of aromatic amines is 1. The molecule has 0 saturated heterocycles. The molecule has 0 bridgehead atoms. The molecule has 3 aromatic heterocycles. The number of methoxy groups -OCH3 is 1. The average Bonchev–Trinajstić information content (AvgIpc) is 3.39. The van der Waals surface area contributed by atoms with E-state index in [1.807, 2.05) is 11.8 Å². The second-order valence-corrected chi connectivity index (χ2v) is 8.58. The molecule has 0 aliphatic carbocycles. The summed E-state index contributed by atoms with van der Waals surface area (Å²) in [5.41, 5.74) is 0.171. The number of nitrogens with zero attached hydrogens (tertiary/aromatic N) is 2.